The van der Waals surface area contributed by atoms with Gasteiger partial charge < -0.3 is 22.1 Å². The van der Waals surface area contributed by atoms with Gasteiger partial charge in [-0.15, -0.1) is 0 Å². The number of guanidine groups is 1. The highest BCUT2D eigenvalue weighted by Crippen LogP contribution is 2.22. The average Bonchev–Trinajstić information content (AvgIpc) is 2.40. The monoisotopic (exact) mass is 313 g/mol. The van der Waals surface area contributed by atoms with Crippen LogP contribution in [0.3, 0.4) is 0 Å². The van der Waals surface area contributed by atoms with Crippen molar-refractivity contribution >= 4 is 11.9 Å². The Balaban J connectivity index is 3.50. The average molecular weight is 313 g/mol. The first kappa shape index (κ1) is 20.7. The number of carbonyl (C=O) groups excluding carboxylic acids is 1. The number of hydrogen-bond donors (Lipinski definition) is 5. The predicted molar refractivity (Wildman–Crippen MR) is 92.7 cm³/mol. The quantitative estimate of drug-likeness (QED) is 0.227. The van der Waals surface area contributed by atoms with Crippen molar-refractivity contribution in [2.24, 2.45) is 16.9 Å². The van der Waals surface area contributed by atoms with Crippen LogP contribution in [0.25, 0.3) is 0 Å². The SMILES string of the molecule is CC(C)(C)CCCCCCNC(=O)C(N)CCCNC(=N)N. The van der Waals surface area contributed by atoms with Crippen molar-refractivity contribution in [1.29, 1.82) is 5.41 Å². The van der Waals surface area contributed by atoms with Crippen LogP contribution in [0.5, 0.6) is 0 Å². The highest BCUT2D eigenvalue weighted by atomic mass is 16.2. The highest BCUT2D eigenvalue weighted by molar-refractivity contribution is 5.81. The molecule has 1 atom stereocenters. The number of unbranched alkanes of at least 4 members (excludes halogenated alkanes) is 3. The number of hydrogen-bond acceptors (Lipinski definition) is 3. The largest absolute Gasteiger partial charge is 0.370 e. The fraction of sp³-hybridized carbons (Fsp3) is 0.875. The van der Waals surface area contributed by atoms with Gasteiger partial charge in [-0.25, -0.2) is 0 Å². The standard InChI is InChI=1S/C16H35N5O/c1-16(2,3)10-6-4-5-7-11-20-14(22)13(17)9-8-12-21-15(18)19/h13H,4-12,17H2,1-3H3,(H,20,22)(H4,18,19,21). The van der Waals surface area contributed by atoms with Crippen LogP contribution < -0.4 is 22.1 Å². The molecule has 0 aliphatic heterocycles. The molecule has 0 aliphatic carbocycles. The minimum atomic E-state index is -0.477. The lowest BCUT2D eigenvalue weighted by molar-refractivity contribution is -0.122. The third-order valence-corrected chi connectivity index (χ3v) is 3.50. The fourth-order valence-electron chi connectivity index (χ4n) is 2.15. The van der Waals surface area contributed by atoms with Crippen molar-refractivity contribution in [3.63, 3.8) is 0 Å². The summed E-state index contributed by atoms with van der Waals surface area (Å²) in [6.45, 7) is 8.07. The molecule has 0 saturated heterocycles. The Morgan fingerprint density at radius 2 is 1.64 bits per heavy atom. The van der Waals surface area contributed by atoms with E-state index in [4.69, 9.17) is 16.9 Å². The van der Waals surface area contributed by atoms with Gasteiger partial charge in [0.1, 0.15) is 0 Å². The number of rotatable bonds is 11. The van der Waals surface area contributed by atoms with E-state index in [-0.39, 0.29) is 11.9 Å². The molecule has 130 valence electrons. The van der Waals surface area contributed by atoms with Crippen LogP contribution in [0.2, 0.25) is 0 Å². The Hall–Kier alpha value is -1.30. The van der Waals surface area contributed by atoms with Gasteiger partial charge in [0.25, 0.3) is 0 Å². The van der Waals surface area contributed by atoms with Crippen molar-refractivity contribution in [1.82, 2.24) is 10.6 Å². The molecule has 1 unspecified atom stereocenters. The van der Waals surface area contributed by atoms with Crippen LogP contribution in [0.1, 0.15) is 65.7 Å². The maximum atomic E-state index is 11.8. The fourth-order valence-corrected chi connectivity index (χ4v) is 2.15. The molecule has 22 heavy (non-hydrogen) atoms. The van der Waals surface area contributed by atoms with Crippen LogP contribution in [0.4, 0.5) is 0 Å². The third kappa shape index (κ3) is 13.7. The molecule has 0 spiro atoms. The first-order valence-corrected chi connectivity index (χ1v) is 8.33. The van der Waals surface area contributed by atoms with E-state index in [1.54, 1.807) is 0 Å². The van der Waals surface area contributed by atoms with Crippen molar-refractivity contribution < 1.29 is 4.79 Å². The molecule has 0 bridgehead atoms. The molecule has 6 nitrogen and oxygen atoms in total. The van der Waals surface area contributed by atoms with E-state index in [9.17, 15) is 4.79 Å². The zero-order chi connectivity index (χ0) is 17.0. The Bertz CT molecular complexity index is 325. The maximum absolute atomic E-state index is 11.8. The molecule has 0 aliphatic rings. The first-order chi connectivity index (χ1) is 10.2. The van der Waals surface area contributed by atoms with E-state index in [0.717, 1.165) is 19.3 Å². The number of nitrogens with two attached hydrogens (primary N) is 2. The van der Waals surface area contributed by atoms with Gasteiger partial charge >= 0.3 is 0 Å². The van der Waals surface area contributed by atoms with E-state index in [0.29, 0.717) is 24.9 Å². The van der Waals surface area contributed by atoms with Crippen molar-refractivity contribution in [3.8, 4) is 0 Å². The second-order valence-electron chi connectivity index (χ2n) is 7.11. The van der Waals surface area contributed by atoms with E-state index >= 15 is 0 Å². The second-order valence-corrected chi connectivity index (χ2v) is 7.11. The number of nitrogens with one attached hydrogen (secondary N) is 3. The number of amides is 1. The Kier molecular flexibility index (Phi) is 10.6. The Morgan fingerprint density at radius 3 is 2.23 bits per heavy atom. The van der Waals surface area contributed by atoms with Gasteiger partial charge in [-0.1, -0.05) is 40.0 Å². The van der Waals surface area contributed by atoms with Gasteiger partial charge in [-0.2, -0.15) is 0 Å². The van der Waals surface area contributed by atoms with Crippen molar-refractivity contribution in [3.05, 3.63) is 0 Å². The molecule has 7 N–H and O–H groups in total. The van der Waals surface area contributed by atoms with Crippen LogP contribution in [-0.4, -0.2) is 31.0 Å². The van der Waals surface area contributed by atoms with Crippen LogP contribution in [-0.2, 0) is 4.79 Å². The summed E-state index contributed by atoms with van der Waals surface area (Å²) in [7, 11) is 0. The third-order valence-electron chi connectivity index (χ3n) is 3.50. The molecule has 0 radical (unpaired) electrons. The van der Waals surface area contributed by atoms with E-state index in [1.165, 1.54) is 19.3 Å². The normalized spacial score (nSPS) is 12.7. The zero-order valence-electron chi connectivity index (χ0n) is 14.5. The topological polar surface area (TPSA) is 117 Å². The lowest BCUT2D eigenvalue weighted by Crippen LogP contribution is -2.41. The smallest absolute Gasteiger partial charge is 0.236 e. The molecule has 0 fully saturated rings. The zero-order valence-corrected chi connectivity index (χ0v) is 14.5. The molecular formula is C16H35N5O. The molecule has 0 aromatic carbocycles. The van der Waals surface area contributed by atoms with Crippen LogP contribution >= 0.6 is 0 Å². The van der Waals surface area contributed by atoms with E-state index in [2.05, 4.69) is 31.4 Å². The molecule has 0 aromatic heterocycles. The molecule has 1 amide bonds. The molecule has 0 saturated carbocycles. The predicted octanol–water partition coefficient (Wildman–Crippen LogP) is 1.69. The summed E-state index contributed by atoms with van der Waals surface area (Å²) in [6, 6.07) is -0.477. The van der Waals surface area contributed by atoms with Crippen LogP contribution in [0.15, 0.2) is 0 Å². The van der Waals surface area contributed by atoms with Crippen molar-refractivity contribution in [2.75, 3.05) is 13.1 Å². The van der Waals surface area contributed by atoms with E-state index < -0.39 is 6.04 Å². The van der Waals surface area contributed by atoms with Gasteiger partial charge in [0.05, 0.1) is 6.04 Å². The lowest BCUT2D eigenvalue weighted by Gasteiger charge is -2.17. The Morgan fingerprint density at radius 1 is 1.05 bits per heavy atom. The van der Waals surface area contributed by atoms with Gasteiger partial charge in [0.15, 0.2) is 5.96 Å². The molecule has 0 aromatic rings. The summed E-state index contributed by atoms with van der Waals surface area (Å²) in [5, 5.41) is 12.6. The van der Waals surface area contributed by atoms with Crippen molar-refractivity contribution in [2.45, 2.75) is 71.8 Å². The summed E-state index contributed by atoms with van der Waals surface area (Å²) in [5.41, 5.74) is 11.4. The second kappa shape index (κ2) is 11.3. The van der Waals surface area contributed by atoms with Gasteiger partial charge in [0.2, 0.25) is 5.91 Å². The minimum Gasteiger partial charge on any atom is -0.370 e. The van der Waals surface area contributed by atoms with Gasteiger partial charge in [0, 0.05) is 13.1 Å². The summed E-state index contributed by atoms with van der Waals surface area (Å²) >= 11 is 0. The summed E-state index contributed by atoms with van der Waals surface area (Å²) in [5.74, 6) is -0.137. The summed E-state index contributed by atoms with van der Waals surface area (Å²) in [4.78, 5) is 11.8. The molecular weight excluding hydrogens is 278 g/mol. The Labute approximate surface area is 135 Å². The molecule has 0 rings (SSSR count). The lowest BCUT2D eigenvalue weighted by atomic mass is 9.89. The summed E-state index contributed by atoms with van der Waals surface area (Å²) < 4.78 is 0. The molecule has 6 heteroatoms. The summed E-state index contributed by atoms with van der Waals surface area (Å²) in [6.07, 6.45) is 7.19. The van der Waals surface area contributed by atoms with Gasteiger partial charge in [-0.05, 0) is 31.1 Å². The first-order valence-electron chi connectivity index (χ1n) is 8.33. The van der Waals surface area contributed by atoms with E-state index in [1.807, 2.05) is 0 Å². The van der Waals surface area contributed by atoms with Crippen LogP contribution in [0, 0.1) is 10.8 Å². The van der Waals surface area contributed by atoms with Gasteiger partial charge in [-0.3, -0.25) is 10.2 Å². The maximum Gasteiger partial charge on any atom is 0.236 e. The highest BCUT2D eigenvalue weighted by Gasteiger charge is 2.12. The minimum absolute atomic E-state index is 0.0514. The molecule has 0 heterocycles. The number of carbonyl (C=O) groups is 1.